The van der Waals surface area contributed by atoms with Gasteiger partial charge in [0, 0.05) is 0 Å². The lowest BCUT2D eigenvalue weighted by Crippen LogP contribution is -2.34. The first-order chi connectivity index (χ1) is 17.7. The summed E-state index contributed by atoms with van der Waals surface area (Å²) in [5, 5.41) is 0. The molecule has 0 aromatic heterocycles. The first-order valence-corrected chi connectivity index (χ1v) is 14.3. The molecular formula is C32H40O4. The lowest BCUT2D eigenvalue weighted by molar-refractivity contribution is -0.170. The van der Waals surface area contributed by atoms with Crippen LogP contribution in [0.1, 0.15) is 100 Å². The molecule has 0 bridgehead atoms. The Morgan fingerprint density at radius 3 is 2.00 bits per heavy atom. The van der Waals surface area contributed by atoms with Gasteiger partial charge in [-0.3, -0.25) is 9.59 Å². The summed E-state index contributed by atoms with van der Waals surface area (Å²) >= 11 is 0. The van der Waals surface area contributed by atoms with E-state index >= 15 is 0 Å². The second-order valence-electron chi connectivity index (χ2n) is 11.0. The highest BCUT2D eigenvalue weighted by atomic mass is 16.6. The molecule has 4 nitrogen and oxygen atoms in total. The number of aryl methyl sites for hydroxylation is 1. The fourth-order valence-electron chi connectivity index (χ4n) is 6.31. The van der Waals surface area contributed by atoms with E-state index in [0.717, 1.165) is 77.0 Å². The van der Waals surface area contributed by atoms with E-state index in [0.29, 0.717) is 6.42 Å². The maximum atomic E-state index is 13.1. The van der Waals surface area contributed by atoms with E-state index in [1.165, 1.54) is 40.7 Å². The van der Waals surface area contributed by atoms with Crippen molar-refractivity contribution >= 4 is 11.9 Å². The molecule has 0 radical (unpaired) electrons. The fraction of sp³-hybridized carbons (Fsp3) is 0.562. The number of rotatable bonds is 9. The molecule has 0 heterocycles. The summed E-state index contributed by atoms with van der Waals surface area (Å²) in [5.41, 5.74) is 6.92. The smallest absolute Gasteiger partial charge is 0.320 e. The van der Waals surface area contributed by atoms with Gasteiger partial charge in [-0.05, 0) is 105 Å². The quantitative estimate of drug-likeness (QED) is 0.180. The van der Waals surface area contributed by atoms with E-state index in [1.54, 1.807) is 0 Å². The Labute approximate surface area is 215 Å². The molecule has 2 fully saturated rings. The van der Waals surface area contributed by atoms with Crippen molar-refractivity contribution in [3.63, 3.8) is 0 Å². The van der Waals surface area contributed by atoms with E-state index in [2.05, 4.69) is 42.5 Å². The molecule has 0 aliphatic heterocycles. The zero-order chi connectivity index (χ0) is 24.7. The number of carbonyl (C=O) groups excluding carboxylic acids is 2. The van der Waals surface area contributed by atoms with Crippen LogP contribution in [0.2, 0.25) is 0 Å². The molecule has 192 valence electrons. The SMILES string of the molecule is O=C(OC1CCCCC1)C(CCCCc1cccc2c1Cc1ccccc1-2)C(=O)OC1CCCCC1. The highest BCUT2D eigenvalue weighted by molar-refractivity contribution is 5.95. The van der Waals surface area contributed by atoms with E-state index in [4.69, 9.17) is 9.47 Å². The van der Waals surface area contributed by atoms with Crippen LogP contribution in [0.25, 0.3) is 11.1 Å². The Balaban J connectivity index is 1.19. The van der Waals surface area contributed by atoms with Crippen molar-refractivity contribution in [1.29, 1.82) is 0 Å². The summed E-state index contributed by atoms with van der Waals surface area (Å²) in [4.78, 5) is 26.2. The molecule has 3 aliphatic carbocycles. The zero-order valence-electron chi connectivity index (χ0n) is 21.5. The van der Waals surface area contributed by atoms with Crippen LogP contribution in [0, 0.1) is 5.92 Å². The van der Waals surface area contributed by atoms with Gasteiger partial charge in [0.25, 0.3) is 0 Å². The van der Waals surface area contributed by atoms with Gasteiger partial charge in [-0.25, -0.2) is 0 Å². The molecule has 0 spiro atoms. The normalized spacial score (nSPS) is 18.0. The Hall–Kier alpha value is -2.62. The van der Waals surface area contributed by atoms with Crippen LogP contribution < -0.4 is 0 Å². The molecule has 5 rings (SSSR count). The molecule has 0 saturated heterocycles. The van der Waals surface area contributed by atoms with Crippen molar-refractivity contribution in [1.82, 2.24) is 0 Å². The second-order valence-corrected chi connectivity index (χ2v) is 11.0. The summed E-state index contributed by atoms with van der Waals surface area (Å²) in [7, 11) is 0. The average molecular weight is 489 g/mol. The Bertz CT molecular complexity index is 1010. The topological polar surface area (TPSA) is 52.6 Å². The minimum absolute atomic E-state index is 0.0373. The fourth-order valence-corrected chi connectivity index (χ4v) is 6.31. The summed E-state index contributed by atoms with van der Waals surface area (Å²) < 4.78 is 11.7. The van der Waals surface area contributed by atoms with Gasteiger partial charge < -0.3 is 9.47 Å². The number of carbonyl (C=O) groups is 2. The summed E-state index contributed by atoms with van der Waals surface area (Å²) in [6.45, 7) is 0. The van der Waals surface area contributed by atoms with Crippen molar-refractivity contribution in [3.8, 4) is 11.1 Å². The number of unbranched alkanes of at least 4 members (excludes halogenated alkanes) is 1. The first kappa shape index (κ1) is 25.0. The number of hydrogen-bond acceptors (Lipinski definition) is 4. The van der Waals surface area contributed by atoms with Crippen molar-refractivity contribution in [3.05, 3.63) is 59.2 Å². The molecule has 2 aromatic carbocycles. The minimum Gasteiger partial charge on any atom is -0.462 e. The van der Waals surface area contributed by atoms with Crippen molar-refractivity contribution < 1.29 is 19.1 Å². The van der Waals surface area contributed by atoms with Gasteiger partial charge in [0.15, 0.2) is 5.92 Å². The van der Waals surface area contributed by atoms with Crippen molar-refractivity contribution in [2.24, 2.45) is 5.92 Å². The van der Waals surface area contributed by atoms with Gasteiger partial charge in [-0.2, -0.15) is 0 Å². The number of fused-ring (bicyclic) bond motifs is 3. The number of benzene rings is 2. The van der Waals surface area contributed by atoms with Gasteiger partial charge in [-0.1, -0.05) is 61.7 Å². The monoisotopic (exact) mass is 488 g/mol. The lowest BCUT2D eigenvalue weighted by Gasteiger charge is -2.26. The number of hydrogen-bond donors (Lipinski definition) is 0. The third-order valence-electron chi connectivity index (χ3n) is 8.38. The van der Waals surface area contributed by atoms with Crippen LogP contribution >= 0.6 is 0 Å². The van der Waals surface area contributed by atoms with Crippen LogP contribution in [0.15, 0.2) is 42.5 Å². The third-order valence-corrected chi connectivity index (χ3v) is 8.38. The Kier molecular flexibility index (Phi) is 8.40. The number of ether oxygens (including phenoxy) is 2. The zero-order valence-corrected chi connectivity index (χ0v) is 21.5. The maximum Gasteiger partial charge on any atom is 0.320 e. The standard InChI is InChI=1S/C32H40O4/c33-31(35-25-15-3-1-4-16-25)29(32(34)36-26-17-5-2-6-18-26)20-10-7-12-23-14-11-21-28-27-19-9-8-13-24(27)22-30(23)28/h8-9,11,13-14,19,21,25-26,29H,1-7,10,12,15-18,20,22H2. The maximum absolute atomic E-state index is 13.1. The highest BCUT2D eigenvalue weighted by Crippen LogP contribution is 2.38. The molecule has 4 heteroatoms. The first-order valence-electron chi connectivity index (χ1n) is 14.3. The van der Waals surface area contributed by atoms with Crippen LogP contribution in [0.4, 0.5) is 0 Å². The molecule has 2 saturated carbocycles. The number of esters is 2. The van der Waals surface area contributed by atoms with Crippen LogP contribution in [0.3, 0.4) is 0 Å². The second kappa shape index (κ2) is 12.1. The van der Waals surface area contributed by atoms with Crippen molar-refractivity contribution in [2.75, 3.05) is 0 Å². The summed E-state index contributed by atoms with van der Waals surface area (Å²) in [5.74, 6) is -1.52. The van der Waals surface area contributed by atoms with Crippen LogP contribution in [-0.2, 0) is 31.9 Å². The molecule has 0 unspecified atom stereocenters. The summed E-state index contributed by atoms with van der Waals surface area (Å²) in [6.07, 6.45) is 14.6. The van der Waals surface area contributed by atoms with Crippen LogP contribution in [0.5, 0.6) is 0 Å². The lowest BCUT2D eigenvalue weighted by atomic mass is 9.94. The van der Waals surface area contributed by atoms with Gasteiger partial charge in [0.05, 0.1) is 0 Å². The minimum atomic E-state index is -0.792. The van der Waals surface area contributed by atoms with Gasteiger partial charge in [0.1, 0.15) is 12.2 Å². The Morgan fingerprint density at radius 1 is 0.722 bits per heavy atom. The largest absolute Gasteiger partial charge is 0.462 e. The third kappa shape index (κ3) is 6.02. The summed E-state index contributed by atoms with van der Waals surface area (Å²) in [6, 6.07) is 15.3. The van der Waals surface area contributed by atoms with E-state index < -0.39 is 5.92 Å². The predicted molar refractivity (Wildman–Crippen MR) is 142 cm³/mol. The van der Waals surface area contributed by atoms with Gasteiger partial charge in [-0.15, -0.1) is 0 Å². The average Bonchev–Trinajstić information content (AvgIpc) is 3.29. The predicted octanol–water partition coefficient (Wildman–Crippen LogP) is 7.34. The molecule has 0 atom stereocenters. The molecule has 3 aliphatic rings. The van der Waals surface area contributed by atoms with Crippen LogP contribution in [-0.4, -0.2) is 24.1 Å². The van der Waals surface area contributed by atoms with E-state index in [-0.39, 0.29) is 24.1 Å². The molecular weight excluding hydrogens is 448 g/mol. The van der Waals surface area contributed by atoms with Crippen molar-refractivity contribution in [2.45, 2.75) is 109 Å². The molecule has 2 aromatic rings. The van der Waals surface area contributed by atoms with Gasteiger partial charge >= 0.3 is 11.9 Å². The molecule has 36 heavy (non-hydrogen) atoms. The van der Waals surface area contributed by atoms with E-state index in [1.807, 2.05) is 0 Å². The highest BCUT2D eigenvalue weighted by Gasteiger charge is 2.33. The Morgan fingerprint density at radius 2 is 1.33 bits per heavy atom. The van der Waals surface area contributed by atoms with Gasteiger partial charge in [0.2, 0.25) is 0 Å². The molecule has 0 N–H and O–H groups in total. The van der Waals surface area contributed by atoms with E-state index in [9.17, 15) is 9.59 Å². The molecule has 0 amide bonds.